The standard InChI is InChI=1S/C21H33N5O/c1-7-10-11-14-22-20-21(27-6)25-19(17(9-3)24-20)15-12-13-18(26(4)5)23-16(15)8-2/h12-13H,7-11,14H2,1-6H3,(H,22,24). The molecule has 0 spiro atoms. The molecule has 6 heteroatoms. The summed E-state index contributed by atoms with van der Waals surface area (Å²) >= 11 is 0. The van der Waals surface area contributed by atoms with Gasteiger partial charge in [-0.15, -0.1) is 0 Å². The van der Waals surface area contributed by atoms with Gasteiger partial charge in [0.25, 0.3) is 5.88 Å². The molecule has 0 aromatic carbocycles. The molecular weight excluding hydrogens is 338 g/mol. The molecule has 1 N–H and O–H groups in total. The Bertz CT molecular complexity index is 746. The molecular formula is C21H33N5O. The third-order valence-corrected chi connectivity index (χ3v) is 4.54. The van der Waals surface area contributed by atoms with E-state index in [1.54, 1.807) is 7.11 Å². The molecule has 6 nitrogen and oxygen atoms in total. The van der Waals surface area contributed by atoms with E-state index in [4.69, 9.17) is 19.7 Å². The van der Waals surface area contributed by atoms with Crippen molar-refractivity contribution in [1.29, 1.82) is 0 Å². The largest absolute Gasteiger partial charge is 0.478 e. The Balaban J connectivity index is 2.44. The number of nitrogens with zero attached hydrogens (tertiary/aromatic N) is 4. The quantitative estimate of drug-likeness (QED) is 0.627. The van der Waals surface area contributed by atoms with Crippen LogP contribution in [-0.4, -0.2) is 42.7 Å². The van der Waals surface area contributed by atoms with Crippen LogP contribution in [0.1, 0.15) is 51.4 Å². The highest BCUT2D eigenvalue weighted by atomic mass is 16.5. The van der Waals surface area contributed by atoms with Crippen LogP contribution in [0.25, 0.3) is 11.3 Å². The number of rotatable bonds is 10. The number of anilines is 2. The van der Waals surface area contributed by atoms with E-state index < -0.39 is 0 Å². The maximum Gasteiger partial charge on any atom is 0.257 e. The Morgan fingerprint density at radius 1 is 0.963 bits per heavy atom. The zero-order chi connectivity index (χ0) is 19.8. The maximum atomic E-state index is 5.53. The van der Waals surface area contributed by atoms with Gasteiger partial charge in [-0.3, -0.25) is 0 Å². The van der Waals surface area contributed by atoms with Gasteiger partial charge in [-0.05, 0) is 31.4 Å². The van der Waals surface area contributed by atoms with E-state index in [2.05, 4.69) is 32.2 Å². The summed E-state index contributed by atoms with van der Waals surface area (Å²) in [4.78, 5) is 16.5. The van der Waals surface area contributed by atoms with Crippen molar-refractivity contribution in [3.63, 3.8) is 0 Å². The summed E-state index contributed by atoms with van der Waals surface area (Å²) in [5.74, 6) is 2.21. The van der Waals surface area contributed by atoms with Crippen LogP contribution in [-0.2, 0) is 12.8 Å². The van der Waals surface area contributed by atoms with Crippen LogP contribution in [0.2, 0.25) is 0 Å². The van der Waals surface area contributed by atoms with Gasteiger partial charge in [-0.25, -0.2) is 15.0 Å². The van der Waals surface area contributed by atoms with Gasteiger partial charge in [0.05, 0.1) is 24.2 Å². The molecule has 0 saturated carbocycles. The van der Waals surface area contributed by atoms with Gasteiger partial charge in [0.1, 0.15) is 5.82 Å². The van der Waals surface area contributed by atoms with Crippen LogP contribution < -0.4 is 15.0 Å². The van der Waals surface area contributed by atoms with Gasteiger partial charge in [0, 0.05) is 26.2 Å². The lowest BCUT2D eigenvalue weighted by molar-refractivity contribution is 0.398. The fourth-order valence-electron chi connectivity index (χ4n) is 2.98. The molecule has 0 radical (unpaired) electrons. The number of unbranched alkanes of at least 4 members (excludes halogenated alkanes) is 2. The van der Waals surface area contributed by atoms with E-state index in [0.29, 0.717) is 5.88 Å². The predicted octanol–water partition coefficient (Wildman–Crippen LogP) is 4.34. The molecule has 0 bridgehead atoms. The minimum atomic E-state index is 0.539. The van der Waals surface area contributed by atoms with Crippen LogP contribution >= 0.6 is 0 Å². The second-order valence-electron chi connectivity index (χ2n) is 6.78. The molecule has 0 unspecified atom stereocenters. The second kappa shape index (κ2) is 10.1. The molecule has 0 aliphatic heterocycles. The molecule has 0 amide bonds. The van der Waals surface area contributed by atoms with Crippen LogP contribution in [0.4, 0.5) is 11.6 Å². The summed E-state index contributed by atoms with van der Waals surface area (Å²) < 4.78 is 5.53. The molecule has 0 aliphatic carbocycles. The van der Waals surface area contributed by atoms with Crippen molar-refractivity contribution < 1.29 is 4.74 Å². The lowest BCUT2D eigenvalue weighted by atomic mass is 10.0. The highest BCUT2D eigenvalue weighted by Crippen LogP contribution is 2.31. The topological polar surface area (TPSA) is 63.2 Å². The van der Waals surface area contributed by atoms with E-state index in [0.717, 1.165) is 60.1 Å². The maximum absolute atomic E-state index is 5.53. The molecule has 0 saturated heterocycles. The molecule has 2 rings (SSSR count). The molecule has 148 valence electrons. The molecule has 2 aromatic heterocycles. The minimum absolute atomic E-state index is 0.539. The lowest BCUT2D eigenvalue weighted by Crippen LogP contribution is -2.13. The van der Waals surface area contributed by atoms with Gasteiger partial charge in [0.15, 0.2) is 5.82 Å². The highest BCUT2D eigenvalue weighted by Gasteiger charge is 2.18. The molecule has 2 heterocycles. The molecule has 2 aromatic rings. The van der Waals surface area contributed by atoms with Crippen molar-refractivity contribution >= 4 is 11.6 Å². The fraction of sp³-hybridized carbons (Fsp3) is 0.571. The van der Waals surface area contributed by atoms with Crippen LogP contribution in [0.15, 0.2) is 12.1 Å². The van der Waals surface area contributed by atoms with E-state index in [1.165, 1.54) is 12.8 Å². The number of pyridine rings is 1. The normalized spacial score (nSPS) is 10.7. The van der Waals surface area contributed by atoms with E-state index in [1.807, 2.05) is 25.1 Å². The zero-order valence-corrected chi connectivity index (χ0v) is 17.6. The first-order valence-corrected chi connectivity index (χ1v) is 9.91. The first-order chi connectivity index (χ1) is 13.0. The Kier molecular flexibility index (Phi) is 7.82. The summed E-state index contributed by atoms with van der Waals surface area (Å²) in [6.07, 6.45) is 5.14. The third kappa shape index (κ3) is 5.08. The minimum Gasteiger partial charge on any atom is -0.478 e. The number of aryl methyl sites for hydroxylation is 2. The average molecular weight is 372 g/mol. The van der Waals surface area contributed by atoms with Crippen molar-refractivity contribution in [3.8, 4) is 17.1 Å². The van der Waals surface area contributed by atoms with Crippen molar-refractivity contribution in [3.05, 3.63) is 23.5 Å². The van der Waals surface area contributed by atoms with Crippen LogP contribution in [0.3, 0.4) is 0 Å². The van der Waals surface area contributed by atoms with Gasteiger partial charge in [0.2, 0.25) is 0 Å². The fourth-order valence-corrected chi connectivity index (χ4v) is 2.98. The number of nitrogens with one attached hydrogen (secondary N) is 1. The number of ether oxygens (including phenoxy) is 1. The molecule has 0 aliphatic rings. The van der Waals surface area contributed by atoms with Gasteiger partial charge in [-0.1, -0.05) is 33.6 Å². The van der Waals surface area contributed by atoms with E-state index in [-0.39, 0.29) is 0 Å². The van der Waals surface area contributed by atoms with E-state index >= 15 is 0 Å². The SMILES string of the molecule is CCCCCNc1nc(CC)c(-c2ccc(N(C)C)nc2CC)nc1OC. The summed E-state index contributed by atoms with van der Waals surface area (Å²) in [6.45, 7) is 7.30. The van der Waals surface area contributed by atoms with Gasteiger partial charge in [-0.2, -0.15) is 0 Å². The van der Waals surface area contributed by atoms with Crippen molar-refractivity contribution in [2.75, 3.05) is 38.0 Å². The summed E-state index contributed by atoms with van der Waals surface area (Å²) in [5, 5.41) is 3.38. The van der Waals surface area contributed by atoms with Gasteiger partial charge >= 0.3 is 0 Å². The first-order valence-electron chi connectivity index (χ1n) is 9.91. The summed E-state index contributed by atoms with van der Waals surface area (Å²) in [7, 11) is 5.65. The third-order valence-electron chi connectivity index (χ3n) is 4.54. The average Bonchev–Trinajstić information content (AvgIpc) is 2.70. The predicted molar refractivity (Wildman–Crippen MR) is 113 cm³/mol. The highest BCUT2D eigenvalue weighted by molar-refractivity contribution is 5.68. The lowest BCUT2D eigenvalue weighted by Gasteiger charge is -2.17. The molecule has 27 heavy (non-hydrogen) atoms. The Hall–Kier alpha value is -2.37. The Morgan fingerprint density at radius 3 is 2.30 bits per heavy atom. The monoisotopic (exact) mass is 371 g/mol. The van der Waals surface area contributed by atoms with Crippen molar-refractivity contribution in [2.24, 2.45) is 0 Å². The van der Waals surface area contributed by atoms with Crippen molar-refractivity contribution in [1.82, 2.24) is 15.0 Å². The van der Waals surface area contributed by atoms with Crippen LogP contribution in [0, 0.1) is 0 Å². The smallest absolute Gasteiger partial charge is 0.257 e. The number of aromatic nitrogens is 3. The molecule has 0 fully saturated rings. The van der Waals surface area contributed by atoms with E-state index in [9.17, 15) is 0 Å². The second-order valence-corrected chi connectivity index (χ2v) is 6.78. The Labute approximate surface area is 163 Å². The zero-order valence-electron chi connectivity index (χ0n) is 17.6. The Morgan fingerprint density at radius 2 is 1.70 bits per heavy atom. The van der Waals surface area contributed by atoms with Crippen molar-refractivity contribution in [2.45, 2.75) is 52.9 Å². The summed E-state index contributed by atoms with van der Waals surface area (Å²) in [5.41, 5.74) is 3.88. The van der Waals surface area contributed by atoms with Crippen LogP contribution in [0.5, 0.6) is 5.88 Å². The first kappa shape index (κ1) is 20.9. The van der Waals surface area contributed by atoms with Gasteiger partial charge < -0.3 is 15.0 Å². The number of methoxy groups -OCH3 is 1. The molecule has 0 atom stereocenters. The number of hydrogen-bond acceptors (Lipinski definition) is 6. The summed E-state index contributed by atoms with van der Waals surface area (Å²) in [6, 6.07) is 4.12. The number of hydrogen-bond donors (Lipinski definition) is 1.